The number of aliphatic hydroxyl groups is 2. The van der Waals surface area contributed by atoms with Gasteiger partial charge in [0.05, 0.1) is 11.7 Å². The van der Waals surface area contributed by atoms with E-state index in [4.69, 9.17) is 0 Å². The molecule has 0 bridgehead atoms. The summed E-state index contributed by atoms with van der Waals surface area (Å²) in [7, 11) is 0. The van der Waals surface area contributed by atoms with Crippen LogP contribution in [0.2, 0.25) is 0 Å². The summed E-state index contributed by atoms with van der Waals surface area (Å²) in [6.45, 7) is 9.87. The molecule has 3 aliphatic carbocycles. The Hall–Kier alpha value is -1.72. The minimum atomic E-state index is -0.311. The normalized spacial score (nSPS) is 40.4. The lowest BCUT2D eigenvalue weighted by atomic mass is 9.49. The van der Waals surface area contributed by atoms with Crippen LogP contribution < -0.4 is 5.32 Å². The van der Waals surface area contributed by atoms with Gasteiger partial charge in [0.15, 0.2) is 0 Å². The molecule has 0 saturated heterocycles. The number of fused-ring (bicyclic) bond motifs is 1. The number of pyridine rings is 1. The summed E-state index contributed by atoms with van der Waals surface area (Å²) < 4.78 is 0. The summed E-state index contributed by atoms with van der Waals surface area (Å²) >= 11 is 0. The molecule has 3 aliphatic rings. The lowest BCUT2D eigenvalue weighted by Crippen LogP contribution is -2.53. The number of allylic oxidation sites excluding steroid dienone is 1. The Labute approximate surface area is 186 Å². The first-order chi connectivity index (χ1) is 14.8. The number of carbonyl (C=O) groups is 1. The van der Waals surface area contributed by atoms with Crippen LogP contribution in [-0.4, -0.2) is 40.4 Å². The molecule has 1 aromatic heterocycles. The minimum absolute atomic E-state index is 0.0249. The van der Waals surface area contributed by atoms with Gasteiger partial charge in [0.1, 0.15) is 0 Å². The van der Waals surface area contributed by atoms with E-state index in [1.54, 1.807) is 24.5 Å². The molecule has 1 heterocycles. The SMILES string of the molecule is C=C1CC[C@H]2[C@H](CNC(=O)c3cccnc3)[C@@H]([C@@]3(C)CC[C@H](O)C[C@@H]3CO)CC[C@]12C. The highest BCUT2D eigenvalue weighted by atomic mass is 16.3. The minimum Gasteiger partial charge on any atom is -0.396 e. The summed E-state index contributed by atoms with van der Waals surface area (Å²) in [5, 5.41) is 23.7. The Morgan fingerprint density at radius 2 is 2.06 bits per heavy atom. The molecule has 3 fully saturated rings. The van der Waals surface area contributed by atoms with E-state index in [1.807, 2.05) is 0 Å². The van der Waals surface area contributed by atoms with Crippen LogP contribution in [0.1, 0.15) is 69.2 Å². The third-order valence-electron chi connectivity index (χ3n) is 9.39. The van der Waals surface area contributed by atoms with Gasteiger partial charge in [-0.3, -0.25) is 9.78 Å². The monoisotopic (exact) mass is 426 g/mol. The van der Waals surface area contributed by atoms with Crippen molar-refractivity contribution in [3.63, 3.8) is 0 Å². The van der Waals surface area contributed by atoms with Gasteiger partial charge in [-0.25, -0.2) is 0 Å². The third kappa shape index (κ3) is 3.95. The largest absolute Gasteiger partial charge is 0.396 e. The molecule has 0 spiro atoms. The molecule has 0 radical (unpaired) electrons. The van der Waals surface area contributed by atoms with Crippen LogP contribution in [0.5, 0.6) is 0 Å². The second-order valence-electron chi connectivity index (χ2n) is 10.7. The van der Waals surface area contributed by atoms with Gasteiger partial charge in [0.2, 0.25) is 0 Å². The number of hydrogen-bond donors (Lipinski definition) is 3. The van der Waals surface area contributed by atoms with Crippen molar-refractivity contribution in [2.45, 2.75) is 64.9 Å². The number of hydrogen-bond acceptors (Lipinski definition) is 4. The highest BCUT2D eigenvalue weighted by Gasteiger charge is 2.56. The van der Waals surface area contributed by atoms with Gasteiger partial charge in [-0.05, 0) is 91.6 Å². The van der Waals surface area contributed by atoms with E-state index in [1.165, 1.54) is 5.57 Å². The Bertz CT molecular complexity index is 812. The molecule has 1 aromatic rings. The van der Waals surface area contributed by atoms with Crippen molar-refractivity contribution in [1.29, 1.82) is 0 Å². The molecule has 5 heteroatoms. The molecular weight excluding hydrogens is 388 g/mol. The van der Waals surface area contributed by atoms with E-state index in [2.05, 4.69) is 30.7 Å². The fourth-order valence-electron chi connectivity index (χ4n) is 7.28. The lowest BCUT2D eigenvalue weighted by molar-refractivity contribution is -0.0928. The summed E-state index contributed by atoms with van der Waals surface area (Å²) in [6, 6.07) is 3.59. The molecule has 31 heavy (non-hydrogen) atoms. The average molecular weight is 427 g/mol. The Morgan fingerprint density at radius 3 is 2.77 bits per heavy atom. The van der Waals surface area contributed by atoms with Gasteiger partial charge in [-0.2, -0.15) is 0 Å². The number of aromatic nitrogens is 1. The maximum absolute atomic E-state index is 12.8. The number of amides is 1. The first-order valence-corrected chi connectivity index (χ1v) is 11.9. The van der Waals surface area contributed by atoms with Gasteiger partial charge >= 0.3 is 0 Å². The Kier molecular flexibility index (Phi) is 6.28. The van der Waals surface area contributed by atoms with Crippen molar-refractivity contribution < 1.29 is 15.0 Å². The zero-order valence-corrected chi connectivity index (χ0v) is 19.0. The smallest absolute Gasteiger partial charge is 0.252 e. The van der Waals surface area contributed by atoms with Gasteiger partial charge in [0.25, 0.3) is 5.91 Å². The van der Waals surface area contributed by atoms with Gasteiger partial charge in [-0.1, -0.05) is 26.0 Å². The zero-order chi connectivity index (χ0) is 22.2. The van der Waals surface area contributed by atoms with Gasteiger partial charge < -0.3 is 15.5 Å². The maximum Gasteiger partial charge on any atom is 0.252 e. The van der Waals surface area contributed by atoms with Crippen molar-refractivity contribution in [1.82, 2.24) is 10.3 Å². The van der Waals surface area contributed by atoms with Crippen LogP contribution in [0.3, 0.4) is 0 Å². The van der Waals surface area contributed by atoms with Gasteiger partial charge in [0, 0.05) is 25.5 Å². The first kappa shape index (κ1) is 22.5. The molecule has 3 N–H and O–H groups in total. The first-order valence-electron chi connectivity index (χ1n) is 11.9. The number of carbonyl (C=O) groups excluding carboxylic acids is 1. The summed E-state index contributed by atoms with van der Waals surface area (Å²) in [5.74, 6) is 1.28. The fraction of sp³-hybridized carbons (Fsp3) is 0.692. The van der Waals surface area contributed by atoms with Crippen LogP contribution in [0.25, 0.3) is 0 Å². The summed E-state index contributed by atoms with van der Waals surface area (Å²) in [6.07, 6.45) is 9.79. The fourth-order valence-corrected chi connectivity index (χ4v) is 7.28. The number of nitrogens with zero attached hydrogens (tertiary/aromatic N) is 1. The molecule has 0 aliphatic heterocycles. The standard InChI is InChI=1S/C26H38N2O3/c1-17-6-7-22-21(15-28-24(31)18-5-4-12-27-14-18)23(9-11-25(17,22)2)26(3)10-8-20(30)13-19(26)16-29/h4-5,12,14,19-23,29-30H,1,6-11,13,15-16H2,2-3H3,(H,28,31)/t19-,20+,21+,22+,23+,25-,26+/m1/s1. The molecule has 5 nitrogen and oxygen atoms in total. The van der Waals surface area contributed by atoms with Gasteiger partial charge in [-0.15, -0.1) is 0 Å². The van der Waals surface area contributed by atoms with E-state index >= 15 is 0 Å². The molecule has 0 aromatic carbocycles. The van der Waals surface area contributed by atoms with Crippen molar-refractivity contribution >= 4 is 5.91 Å². The number of rotatable bonds is 5. The molecular formula is C26H38N2O3. The molecule has 3 saturated carbocycles. The van der Waals surface area contributed by atoms with Crippen LogP contribution in [0.4, 0.5) is 0 Å². The Balaban J connectivity index is 1.60. The quantitative estimate of drug-likeness (QED) is 0.622. The molecule has 1 amide bonds. The zero-order valence-electron chi connectivity index (χ0n) is 19.0. The summed E-state index contributed by atoms with van der Waals surface area (Å²) in [5.41, 5.74) is 2.07. The van der Waals surface area contributed by atoms with Crippen LogP contribution in [-0.2, 0) is 0 Å². The topological polar surface area (TPSA) is 82.5 Å². The second-order valence-corrected chi connectivity index (χ2v) is 10.7. The second kappa shape index (κ2) is 8.67. The van der Waals surface area contributed by atoms with E-state index in [-0.39, 0.29) is 35.4 Å². The number of aliphatic hydroxyl groups excluding tert-OH is 2. The van der Waals surface area contributed by atoms with Crippen molar-refractivity contribution in [3.05, 3.63) is 42.2 Å². The maximum atomic E-state index is 12.8. The van der Waals surface area contributed by atoms with Crippen LogP contribution in [0, 0.1) is 34.5 Å². The van der Waals surface area contributed by atoms with Crippen molar-refractivity contribution in [2.24, 2.45) is 34.5 Å². The van der Waals surface area contributed by atoms with E-state index in [9.17, 15) is 15.0 Å². The van der Waals surface area contributed by atoms with Crippen molar-refractivity contribution in [2.75, 3.05) is 13.2 Å². The molecule has 7 atom stereocenters. The summed E-state index contributed by atoms with van der Waals surface area (Å²) in [4.78, 5) is 16.9. The average Bonchev–Trinajstić information content (AvgIpc) is 3.08. The van der Waals surface area contributed by atoms with E-state index in [0.717, 1.165) is 38.5 Å². The predicted octanol–water partition coefficient (Wildman–Crippen LogP) is 3.97. The Morgan fingerprint density at radius 1 is 1.26 bits per heavy atom. The van der Waals surface area contributed by atoms with E-state index < -0.39 is 0 Å². The molecule has 0 unspecified atom stereocenters. The molecule has 4 rings (SSSR count). The third-order valence-corrected chi connectivity index (χ3v) is 9.39. The molecule has 170 valence electrons. The van der Waals surface area contributed by atoms with Crippen LogP contribution in [0.15, 0.2) is 36.7 Å². The highest BCUT2D eigenvalue weighted by Crippen LogP contribution is 2.63. The number of nitrogens with one attached hydrogen (secondary N) is 1. The van der Waals surface area contributed by atoms with E-state index in [0.29, 0.717) is 36.3 Å². The predicted molar refractivity (Wildman–Crippen MR) is 121 cm³/mol. The van der Waals surface area contributed by atoms with Crippen molar-refractivity contribution in [3.8, 4) is 0 Å². The lowest BCUT2D eigenvalue weighted by Gasteiger charge is -2.56. The highest BCUT2D eigenvalue weighted by molar-refractivity contribution is 5.93. The van der Waals surface area contributed by atoms with Crippen LogP contribution >= 0.6 is 0 Å².